The molecule has 1 heterocycles. The number of nitrogens with zero attached hydrogens (tertiary/aromatic N) is 3. The summed E-state index contributed by atoms with van der Waals surface area (Å²) in [5, 5.41) is 12.6. The fourth-order valence-electron chi connectivity index (χ4n) is 2.75. The first-order chi connectivity index (χ1) is 14.0. The lowest BCUT2D eigenvalue weighted by Crippen LogP contribution is -2.15. The normalized spacial score (nSPS) is 11.9. The van der Waals surface area contributed by atoms with E-state index in [4.69, 9.17) is 16.3 Å². The molecule has 1 N–H and O–H groups in total. The Kier molecular flexibility index (Phi) is 7.17. The number of carbonyl (C=O) groups is 1. The van der Waals surface area contributed by atoms with E-state index in [1.165, 1.54) is 11.8 Å². The lowest BCUT2D eigenvalue weighted by Gasteiger charge is -2.16. The van der Waals surface area contributed by atoms with Crippen LogP contribution in [0.2, 0.25) is 5.02 Å². The van der Waals surface area contributed by atoms with Crippen molar-refractivity contribution >= 4 is 35.0 Å². The molecule has 0 radical (unpaired) electrons. The number of aryl methyl sites for hydroxylation is 1. The molecule has 0 unspecified atom stereocenters. The lowest BCUT2D eigenvalue weighted by molar-refractivity contribution is -0.113. The summed E-state index contributed by atoms with van der Waals surface area (Å²) in [4.78, 5) is 12.3. The van der Waals surface area contributed by atoms with Crippen molar-refractivity contribution in [3.8, 4) is 5.75 Å². The van der Waals surface area contributed by atoms with E-state index in [9.17, 15) is 4.79 Å². The molecule has 0 fully saturated rings. The molecule has 2 aromatic carbocycles. The van der Waals surface area contributed by atoms with Gasteiger partial charge in [0.1, 0.15) is 5.75 Å². The van der Waals surface area contributed by atoms with Gasteiger partial charge in [-0.05, 0) is 45.0 Å². The van der Waals surface area contributed by atoms with Gasteiger partial charge in [-0.15, -0.1) is 10.2 Å². The molecular weight excluding hydrogens is 408 g/mol. The minimum Gasteiger partial charge on any atom is -0.481 e. The molecule has 0 bridgehead atoms. The van der Waals surface area contributed by atoms with Crippen molar-refractivity contribution in [3.05, 3.63) is 64.9 Å². The smallest absolute Gasteiger partial charge is 0.234 e. The van der Waals surface area contributed by atoms with E-state index in [2.05, 4.69) is 15.5 Å². The van der Waals surface area contributed by atoms with Gasteiger partial charge in [0, 0.05) is 12.2 Å². The van der Waals surface area contributed by atoms with Crippen LogP contribution in [0.15, 0.2) is 53.7 Å². The Morgan fingerprint density at radius 3 is 2.62 bits per heavy atom. The first-order valence-electron chi connectivity index (χ1n) is 9.31. The number of halogens is 1. The highest BCUT2D eigenvalue weighted by molar-refractivity contribution is 7.99. The third-order valence-corrected chi connectivity index (χ3v) is 5.51. The number of carbonyl (C=O) groups excluding carboxylic acids is 1. The molecule has 0 aliphatic carbocycles. The van der Waals surface area contributed by atoms with Gasteiger partial charge in [-0.1, -0.05) is 53.2 Å². The summed E-state index contributed by atoms with van der Waals surface area (Å²) in [6.07, 6.45) is -0.335. The van der Waals surface area contributed by atoms with Crippen LogP contribution in [0, 0.1) is 6.92 Å². The molecule has 1 atom stereocenters. The minimum atomic E-state index is -0.335. The number of rotatable bonds is 8. The van der Waals surface area contributed by atoms with Gasteiger partial charge >= 0.3 is 0 Å². The van der Waals surface area contributed by atoms with Crippen molar-refractivity contribution in [1.82, 2.24) is 14.8 Å². The zero-order valence-corrected chi connectivity index (χ0v) is 18.1. The Morgan fingerprint density at radius 1 is 1.21 bits per heavy atom. The van der Waals surface area contributed by atoms with Gasteiger partial charge in [0.15, 0.2) is 17.1 Å². The Bertz CT molecular complexity index is 975. The van der Waals surface area contributed by atoms with Crippen molar-refractivity contribution in [1.29, 1.82) is 0 Å². The van der Waals surface area contributed by atoms with Crippen LogP contribution < -0.4 is 10.1 Å². The Labute approximate surface area is 179 Å². The maximum absolute atomic E-state index is 12.3. The second-order valence-electron chi connectivity index (χ2n) is 6.48. The van der Waals surface area contributed by atoms with E-state index >= 15 is 0 Å². The number of nitrogens with one attached hydrogen (secondary N) is 1. The predicted molar refractivity (Wildman–Crippen MR) is 117 cm³/mol. The van der Waals surface area contributed by atoms with Crippen LogP contribution >= 0.6 is 23.4 Å². The van der Waals surface area contributed by atoms with Gasteiger partial charge in [0.2, 0.25) is 5.91 Å². The number of anilines is 1. The second kappa shape index (κ2) is 9.80. The molecule has 1 aromatic heterocycles. The first-order valence-corrected chi connectivity index (χ1v) is 10.7. The maximum Gasteiger partial charge on any atom is 0.234 e. The molecule has 8 heteroatoms. The molecule has 152 valence electrons. The molecule has 6 nitrogen and oxygen atoms in total. The van der Waals surface area contributed by atoms with Crippen LogP contribution in [0.5, 0.6) is 5.75 Å². The zero-order valence-electron chi connectivity index (χ0n) is 16.6. The van der Waals surface area contributed by atoms with E-state index < -0.39 is 0 Å². The molecule has 29 heavy (non-hydrogen) atoms. The van der Waals surface area contributed by atoms with E-state index in [1.54, 1.807) is 6.07 Å². The number of ether oxygens (including phenoxy) is 1. The van der Waals surface area contributed by atoms with Gasteiger partial charge < -0.3 is 14.6 Å². The lowest BCUT2D eigenvalue weighted by atomic mass is 10.2. The molecule has 0 saturated heterocycles. The summed E-state index contributed by atoms with van der Waals surface area (Å²) in [7, 11) is 0. The van der Waals surface area contributed by atoms with Crippen molar-refractivity contribution < 1.29 is 9.53 Å². The quantitative estimate of drug-likeness (QED) is 0.501. The number of hydrogen-bond acceptors (Lipinski definition) is 5. The highest BCUT2D eigenvalue weighted by Gasteiger charge is 2.20. The van der Waals surface area contributed by atoms with Crippen LogP contribution in [0.25, 0.3) is 0 Å². The Balaban J connectivity index is 1.63. The van der Waals surface area contributed by atoms with Gasteiger partial charge in [0.25, 0.3) is 0 Å². The average Bonchev–Trinajstić information content (AvgIpc) is 3.13. The van der Waals surface area contributed by atoms with E-state index in [1.807, 2.05) is 67.8 Å². The van der Waals surface area contributed by atoms with Gasteiger partial charge in [0.05, 0.1) is 10.8 Å². The van der Waals surface area contributed by atoms with Crippen LogP contribution in [0.3, 0.4) is 0 Å². The number of benzene rings is 2. The van der Waals surface area contributed by atoms with Crippen molar-refractivity contribution in [2.24, 2.45) is 0 Å². The number of para-hydroxylation sites is 1. The van der Waals surface area contributed by atoms with Crippen LogP contribution in [0.4, 0.5) is 5.69 Å². The molecule has 1 amide bonds. The van der Waals surface area contributed by atoms with Crippen molar-refractivity contribution in [3.63, 3.8) is 0 Å². The second-order valence-corrected chi connectivity index (χ2v) is 7.83. The van der Waals surface area contributed by atoms with Gasteiger partial charge in [-0.2, -0.15) is 0 Å². The molecular formula is C21H23ClN4O2S. The molecule has 0 spiro atoms. The largest absolute Gasteiger partial charge is 0.481 e. The number of thioether (sulfide) groups is 1. The van der Waals surface area contributed by atoms with Crippen LogP contribution in [0.1, 0.15) is 31.3 Å². The van der Waals surface area contributed by atoms with Gasteiger partial charge in [-0.3, -0.25) is 4.79 Å². The van der Waals surface area contributed by atoms with E-state index in [0.717, 1.165) is 11.3 Å². The Hall–Kier alpha value is -2.51. The third-order valence-electron chi connectivity index (χ3n) is 4.23. The summed E-state index contributed by atoms with van der Waals surface area (Å²) >= 11 is 7.52. The minimum absolute atomic E-state index is 0.0913. The standard InChI is InChI=1S/C21H23ClN4O2S/c1-4-26-20(15(3)28-18-8-6-5-7-17(18)22)24-25-21(26)29-13-19(27)23-16-11-9-14(2)10-12-16/h5-12,15H,4,13H2,1-3H3,(H,23,27)/t15-/m0/s1. The average molecular weight is 431 g/mol. The topological polar surface area (TPSA) is 69.0 Å². The molecule has 3 aromatic rings. The summed E-state index contributed by atoms with van der Waals surface area (Å²) in [6.45, 7) is 6.58. The van der Waals surface area contributed by atoms with Gasteiger partial charge in [-0.25, -0.2) is 0 Å². The highest BCUT2D eigenvalue weighted by atomic mass is 35.5. The number of aromatic nitrogens is 3. The molecule has 3 rings (SSSR count). The first kappa shape index (κ1) is 21.2. The fourth-order valence-corrected chi connectivity index (χ4v) is 3.74. The summed E-state index contributed by atoms with van der Waals surface area (Å²) in [5.41, 5.74) is 1.93. The molecule has 0 saturated carbocycles. The Morgan fingerprint density at radius 2 is 1.93 bits per heavy atom. The highest BCUT2D eigenvalue weighted by Crippen LogP contribution is 2.29. The summed E-state index contributed by atoms with van der Waals surface area (Å²) in [6, 6.07) is 15.0. The molecule has 0 aliphatic rings. The monoisotopic (exact) mass is 430 g/mol. The third kappa shape index (κ3) is 5.52. The SMILES string of the molecule is CCn1c(SCC(=O)Nc2ccc(C)cc2)nnc1[C@H](C)Oc1ccccc1Cl. The van der Waals surface area contributed by atoms with Crippen LogP contribution in [-0.2, 0) is 11.3 Å². The summed E-state index contributed by atoms with van der Waals surface area (Å²) < 4.78 is 7.91. The number of amides is 1. The predicted octanol–water partition coefficient (Wildman–Crippen LogP) is 5.13. The maximum atomic E-state index is 12.3. The summed E-state index contributed by atoms with van der Waals surface area (Å²) in [5.74, 6) is 1.44. The zero-order chi connectivity index (χ0) is 20.8. The van der Waals surface area contributed by atoms with E-state index in [-0.39, 0.29) is 17.8 Å². The molecule has 0 aliphatic heterocycles. The van der Waals surface area contributed by atoms with Crippen molar-refractivity contribution in [2.75, 3.05) is 11.1 Å². The van der Waals surface area contributed by atoms with Crippen molar-refractivity contribution in [2.45, 2.75) is 38.6 Å². The fraction of sp³-hybridized carbons (Fsp3) is 0.286. The van der Waals surface area contributed by atoms with E-state index in [0.29, 0.717) is 28.3 Å². The van der Waals surface area contributed by atoms with Crippen LogP contribution in [-0.4, -0.2) is 26.4 Å². The number of hydrogen-bond donors (Lipinski definition) is 1.